The van der Waals surface area contributed by atoms with Gasteiger partial charge in [0.2, 0.25) is 0 Å². The van der Waals surface area contributed by atoms with Gasteiger partial charge in [-0.05, 0) is 42.8 Å². The molecule has 0 aliphatic rings. The Morgan fingerprint density at radius 3 is 2.39 bits per heavy atom. The van der Waals surface area contributed by atoms with E-state index in [0.717, 1.165) is 16.5 Å². The van der Waals surface area contributed by atoms with Gasteiger partial charge in [-0.1, -0.05) is 55.0 Å². The Morgan fingerprint density at radius 1 is 1.04 bits per heavy atom. The van der Waals surface area contributed by atoms with Gasteiger partial charge in [0.15, 0.2) is 0 Å². The Labute approximate surface area is 164 Å². The van der Waals surface area contributed by atoms with E-state index in [9.17, 15) is 15.0 Å². The molecule has 146 valence electrons. The number of carbonyl (C=O) groups excluding carboxylic acids is 1. The lowest BCUT2D eigenvalue weighted by Crippen LogP contribution is -2.22. The number of fused-ring (bicyclic) bond motifs is 1. The third-order valence-corrected chi connectivity index (χ3v) is 4.87. The first-order valence-electron chi connectivity index (χ1n) is 9.35. The molecule has 0 bridgehead atoms. The summed E-state index contributed by atoms with van der Waals surface area (Å²) in [6.07, 6.45) is -0.642. The summed E-state index contributed by atoms with van der Waals surface area (Å²) in [6.45, 7) is 3.91. The smallest absolute Gasteiger partial charge is 0.412 e. The fraction of sp³-hybridized carbons (Fsp3) is 0.261. The Hall–Kier alpha value is -3.05. The molecular weight excluding hydrogens is 354 g/mol. The van der Waals surface area contributed by atoms with Crippen LogP contribution in [-0.4, -0.2) is 22.9 Å². The van der Waals surface area contributed by atoms with Crippen LogP contribution in [0.3, 0.4) is 0 Å². The Bertz CT molecular complexity index is 952. The van der Waals surface area contributed by atoms with Crippen molar-refractivity contribution in [1.29, 1.82) is 0 Å². The predicted octanol–water partition coefficient (Wildman–Crippen LogP) is 5.16. The van der Waals surface area contributed by atoms with Crippen LogP contribution in [0, 0.1) is 12.8 Å². The molecule has 2 atom stereocenters. The molecule has 0 aromatic heterocycles. The molecule has 5 heteroatoms. The summed E-state index contributed by atoms with van der Waals surface area (Å²) in [4.78, 5) is 12.5. The zero-order valence-corrected chi connectivity index (χ0v) is 16.1. The minimum Gasteiger partial charge on any atom is -0.507 e. The monoisotopic (exact) mass is 379 g/mol. The SMILES string of the molecule is Cc1ccc(NC(=O)O[C@H](c2ccc(O)c3ccccc23)[C@@H](C)CCO)cc1. The van der Waals surface area contributed by atoms with Gasteiger partial charge < -0.3 is 14.9 Å². The third kappa shape index (κ3) is 4.43. The molecule has 0 radical (unpaired) electrons. The van der Waals surface area contributed by atoms with Crippen LogP contribution in [0.1, 0.15) is 30.6 Å². The molecule has 0 saturated carbocycles. The summed E-state index contributed by atoms with van der Waals surface area (Å²) >= 11 is 0. The molecule has 0 spiro atoms. The molecule has 3 aromatic rings. The van der Waals surface area contributed by atoms with Gasteiger partial charge in [0.1, 0.15) is 11.9 Å². The van der Waals surface area contributed by atoms with Gasteiger partial charge in [-0.15, -0.1) is 0 Å². The number of aromatic hydroxyl groups is 1. The van der Waals surface area contributed by atoms with Gasteiger partial charge in [-0.25, -0.2) is 4.79 Å². The number of hydrogen-bond acceptors (Lipinski definition) is 4. The van der Waals surface area contributed by atoms with Crippen molar-refractivity contribution in [2.75, 3.05) is 11.9 Å². The van der Waals surface area contributed by atoms with Crippen molar-refractivity contribution < 1.29 is 19.7 Å². The summed E-state index contributed by atoms with van der Waals surface area (Å²) in [6, 6.07) is 18.3. The second kappa shape index (κ2) is 8.76. The van der Waals surface area contributed by atoms with Crippen LogP contribution in [0.4, 0.5) is 10.5 Å². The number of carbonyl (C=O) groups is 1. The van der Waals surface area contributed by atoms with E-state index in [-0.39, 0.29) is 18.3 Å². The first-order chi connectivity index (χ1) is 13.5. The largest absolute Gasteiger partial charge is 0.507 e. The molecule has 0 aliphatic heterocycles. The number of nitrogens with one attached hydrogen (secondary N) is 1. The molecule has 0 unspecified atom stereocenters. The fourth-order valence-electron chi connectivity index (χ4n) is 3.30. The van der Waals surface area contributed by atoms with Crippen LogP contribution >= 0.6 is 0 Å². The van der Waals surface area contributed by atoms with Crippen LogP contribution in [0.5, 0.6) is 5.75 Å². The third-order valence-electron chi connectivity index (χ3n) is 4.87. The number of amides is 1. The van der Waals surface area contributed by atoms with E-state index in [1.165, 1.54) is 0 Å². The lowest BCUT2D eigenvalue weighted by molar-refractivity contribution is 0.0676. The number of phenolic OH excluding ortho intramolecular Hbond substituents is 1. The minimum atomic E-state index is -0.567. The normalized spacial score (nSPS) is 13.1. The van der Waals surface area contributed by atoms with Gasteiger partial charge in [0.25, 0.3) is 0 Å². The number of phenols is 1. The molecule has 3 N–H and O–H groups in total. The highest BCUT2D eigenvalue weighted by Crippen LogP contribution is 2.36. The summed E-state index contributed by atoms with van der Waals surface area (Å²) in [7, 11) is 0. The Morgan fingerprint density at radius 2 is 1.71 bits per heavy atom. The average Bonchev–Trinajstić information content (AvgIpc) is 2.69. The van der Waals surface area contributed by atoms with E-state index in [0.29, 0.717) is 17.5 Å². The number of benzene rings is 3. The topological polar surface area (TPSA) is 78.8 Å². The van der Waals surface area contributed by atoms with Crippen LogP contribution in [0.25, 0.3) is 10.8 Å². The number of aliphatic hydroxyl groups is 1. The highest BCUT2D eigenvalue weighted by molar-refractivity contribution is 5.91. The molecule has 0 fully saturated rings. The first kappa shape index (κ1) is 19.7. The average molecular weight is 379 g/mol. The fourth-order valence-corrected chi connectivity index (χ4v) is 3.30. The van der Waals surface area contributed by atoms with Crippen molar-refractivity contribution in [2.45, 2.75) is 26.4 Å². The van der Waals surface area contributed by atoms with E-state index >= 15 is 0 Å². The number of anilines is 1. The van der Waals surface area contributed by atoms with E-state index in [2.05, 4.69) is 5.32 Å². The van der Waals surface area contributed by atoms with E-state index in [1.54, 1.807) is 12.1 Å². The lowest BCUT2D eigenvalue weighted by atomic mass is 9.91. The van der Waals surface area contributed by atoms with Crippen molar-refractivity contribution in [3.8, 4) is 5.75 Å². The molecule has 1 amide bonds. The second-order valence-electron chi connectivity index (χ2n) is 7.03. The Kier molecular flexibility index (Phi) is 6.16. The number of ether oxygens (including phenoxy) is 1. The van der Waals surface area contributed by atoms with E-state index in [1.807, 2.05) is 62.4 Å². The molecule has 0 saturated heterocycles. The number of hydrogen-bond donors (Lipinski definition) is 3. The molecule has 0 aliphatic carbocycles. The maximum Gasteiger partial charge on any atom is 0.412 e. The van der Waals surface area contributed by atoms with Gasteiger partial charge >= 0.3 is 6.09 Å². The van der Waals surface area contributed by atoms with E-state index in [4.69, 9.17) is 4.74 Å². The highest BCUT2D eigenvalue weighted by atomic mass is 16.6. The maximum absolute atomic E-state index is 12.5. The summed E-state index contributed by atoms with van der Waals surface area (Å²) in [5, 5.41) is 23.8. The minimum absolute atomic E-state index is 0.00335. The first-order valence-corrected chi connectivity index (χ1v) is 9.35. The molecule has 3 rings (SSSR count). The molecule has 5 nitrogen and oxygen atoms in total. The number of aliphatic hydroxyl groups excluding tert-OH is 1. The quantitative estimate of drug-likeness (QED) is 0.553. The highest BCUT2D eigenvalue weighted by Gasteiger charge is 2.26. The van der Waals surface area contributed by atoms with Crippen molar-refractivity contribution in [2.24, 2.45) is 5.92 Å². The number of rotatable bonds is 6. The molecule has 28 heavy (non-hydrogen) atoms. The van der Waals surface area contributed by atoms with Crippen LogP contribution in [0.15, 0.2) is 60.7 Å². The van der Waals surface area contributed by atoms with Crippen LogP contribution < -0.4 is 5.32 Å². The van der Waals surface area contributed by atoms with Crippen molar-refractivity contribution in [3.63, 3.8) is 0 Å². The van der Waals surface area contributed by atoms with Crippen LogP contribution in [-0.2, 0) is 4.74 Å². The molecule has 3 aromatic carbocycles. The maximum atomic E-state index is 12.5. The van der Waals surface area contributed by atoms with Gasteiger partial charge in [-0.3, -0.25) is 5.32 Å². The predicted molar refractivity (Wildman–Crippen MR) is 111 cm³/mol. The van der Waals surface area contributed by atoms with Crippen molar-refractivity contribution in [1.82, 2.24) is 0 Å². The molecule has 0 heterocycles. The standard InChI is InChI=1S/C23H25NO4/c1-15-7-9-17(10-8-15)24-23(27)28-22(16(2)13-14-25)20-11-12-21(26)19-6-4-3-5-18(19)20/h3-12,16,22,25-26H,13-14H2,1-2H3,(H,24,27)/t16-,22-/m0/s1. The zero-order valence-electron chi connectivity index (χ0n) is 16.1. The van der Waals surface area contributed by atoms with Gasteiger partial charge in [-0.2, -0.15) is 0 Å². The van der Waals surface area contributed by atoms with Gasteiger partial charge in [0, 0.05) is 23.2 Å². The zero-order chi connectivity index (χ0) is 20.1. The van der Waals surface area contributed by atoms with Crippen molar-refractivity contribution >= 4 is 22.6 Å². The second-order valence-corrected chi connectivity index (χ2v) is 7.03. The van der Waals surface area contributed by atoms with E-state index < -0.39 is 12.2 Å². The summed E-state index contributed by atoms with van der Waals surface area (Å²) < 4.78 is 5.79. The van der Waals surface area contributed by atoms with Crippen molar-refractivity contribution in [3.05, 3.63) is 71.8 Å². The van der Waals surface area contributed by atoms with Gasteiger partial charge in [0.05, 0.1) is 0 Å². The summed E-state index contributed by atoms with van der Waals surface area (Å²) in [5.41, 5.74) is 2.55. The summed E-state index contributed by atoms with van der Waals surface area (Å²) in [5.74, 6) is 0.0683. The Balaban J connectivity index is 1.90. The van der Waals surface area contributed by atoms with Crippen LogP contribution in [0.2, 0.25) is 0 Å². The molecular formula is C23H25NO4. The lowest BCUT2D eigenvalue weighted by Gasteiger charge is -2.25. The number of aryl methyl sites for hydroxylation is 1.